The standard InChI is InChI=1S/C68H76Br2/c1-5-9-13-17-22-47-28-40-57-59-42-34-49(24-19-15-11-7-3)63(67(59)65(61(57)44-47)51-30-36-55(69)37-31-51)53-26-21-27-54(46-53)64-50(25-20-16-12-8-4)35-43-60-58-41-29-48(23-18-14-10-6-2)45-62(58)66(68(60)64)52-32-38-56(70)39-33-52/h21,26-46,65-66H,5-20,22-25H2,1-4H3. The van der Waals surface area contributed by atoms with E-state index in [1.54, 1.807) is 0 Å². The molecule has 0 aromatic heterocycles. The van der Waals surface area contributed by atoms with E-state index in [0.29, 0.717) is 0 Å². The summed E-state index contributed by atoms with van der Waals surface area (Å²) in [6, 6.07) is 53.4. The fraction of sp³-hybridized carbons (Fsp3) is 0.382. The lowest BCUT2D eigenvalue weighted by Crippen LogP contribution is -2.06. The van der Waals surface area contributed by atoms with Crippen LogP contribution in [0.25, 0.3) is 44.5 Å². The molecule has 0 saturated heterocycles. The van der Waals surface area contributed by atoms with E-state index in [1.165, 1.54) is 203 Å². The van der Waals surface area contributed by atoms with Crippen molar-refractivity contribution in [3.63, 3.8) is 0 Å². The van der Waals surface area contributed by atoms with Crippen molar-refractivity contribution in [3.8, 4) is 44.5 Å². The Bertz CT molecular complexity index is 2650. The summed E-state index contributed by atoms with van der Waals surface area (Å²) >= 11 is 7.61. The van der Waals surface area contributed by atoms with Gasteiger partial charge in [-0.1, -0.05) is 240 Å². The monoisotopic (exact) mass is 1050 g/mol. The average Bonchev–Trinajstić information content (AvgIpc) is 3.89. The Morgan fingerprint density at radius 2 is 0.714 bits per heavy atom. The molecule has 0 heterocycles. The largest absolute Gasteiger partial charge is 0.0654 e. The smallest absolute Gasteiger partial charge is 0.0358 e. The van der Waals surface area contributed by atoms with Crippen LogP contribution in [0.5, 0.6) is 0 Å². The van der Waals surface area contributed by atoms with Crippen LogP contribution in [0.1, 0.15) is 198 Å². The maximum absolute atomic E-state index is 3.80. The van der Waals surface area contributed by atoms with Gasteiger partial charge in [-0.15, -0.1) is 0 Å². The van der Waals surface area contributed by atoms with E-state index in [-0.39, 0.29) is 11.8 Å². The van der Waals surface area contributed by atoms with Crippen molar-refractivity contribution >= 4 is 31.9 Å². The molecular formula is C68H76Br2. The van der Waals surface area contributed by atoms with Crippen molar-refractivity contribution in [1.82, 2.24) is 0 Å². The minimum atomic E-state index is 0.158. The third-order valence-corrected chi connectivity index (χ3v) is 16.8. The van der Waals surface area contributed by atoms with Gasteiger partial charge in [0.2, 0.25) is 0 Å². The first-order chi connectivity index (χ1) is 34.4. The summed E-state index contributed by atoms with van der Waals surface area (Å²) in [5.74, 6) is 0.316. The van der Waals surface area contributed by atoms with Crippen LogP contribution in [0.4, 0.5) is 0 Å². The molecule has 0 fully saturated rings. The first-order valence-corrected chi connectivity index (χ1v) is 29.2. The second kappa shape index (κ2) is 24.3. The van der Waals surface area contributed by atoms with E-state index in [2.05, 4.69) is 193 Å². The highest BCUT2D eigenvalue weighted by atomic mass is 79.9. The van der Waals surface area contributed by atoms with Gasteiger partial charge in [-0.2, -0.15) is 0 Å². The van der Waals surface area contributed by atoms with Gasteiger partial charge in [0.25, 0.3) is 0 Å². The zero-order valence-corrected chi connectivity index (χ0v) is 45.9. The van der Waals surface area contributed by atoms with Gasteiger partial charge < -0.3 is 0 Å². The topological polar surface area (TPSA) is 0 Å². The number of aryl methyl sites for hydroxylation is 4. The molecule has 7 aromatic rings. The summed E-state index contributed by atoms with van der Waals surface area (Å²) < 4.78 is 2.26. The molecule has 0 aliphatic heterocycles. The van der Waals surface area contributed by atoms with Crippen LogP contribution in [0, 0.1) is 0 Å². The third kappa shape index (κ3) is 11.1. The summed E-state index contributed by atoms with van der Waals surface area (Å²) in [4.78, 5) is 0. The molecule has 70 heavy (non-hydrogen) atoms. The first-order valence-electron chi connectivity index (χ1n) is 27.6. The van der Waals surface area contributed by atoms with Crippen molar-refractivity contribution < 1.29 is 0 Å². The van der Waals surface area contributed by atoms with Crippen LogP contribution >= 0.6 is 31.9 Å². The summed E-state index contributed by atoms with van der Waals surface area (Å²) in [6.45, 7) is 9.28. The Balaban J connectivity index is 1.24. The molecule has 0 spiro atoms. The number of unbranched alkanes of at least 4 members (excludes halogenated alkanes) is 12. The van der Waals surface area contributed by atoms with Gasteiger partial charge in [0, 0.05) is 20.8 Å². The normalized spacial score (nSPS) is 14.4. The van der Waals surface area contributed by atoms with Crippen LogP contribution in [0.2, 0.25) is 0 Å². The molecule has 0 radical (unpaired) electrons. The van der Waals surface area contributed by atoms with Crippen LogP contribution in [0.15, 0.2) is 142 Å². The molecular weight excluding hydrogens is 977 g/mol. The number of benzene rings is 7. The molecule has 0 bridgehead atoms. The van der Waals surface area contributed by atoms with E-state index < -0.39 is 0 Å². The van der Waals surface area contributed by atoms with Crippen LogP contribution in [-0.4, -0.2) is 0 Å². The van der Waals surface area contributed by atoms with E-state index in [0.717, 1.165) is 34.6 Å². The molecule has 0 amide bonds. The highest BCUT2D eigenvalue weighted by Crippen LogP contribution is 2.56. The predicted octanol–water partition coefficient (Wildman–Crippen LogP) is 21.4. The highest BCUT2D eigenvalue weighted by molar-refractivity contribution is 9.10. The molecule has 0 nitrogen and oxygen atoms in total. The van der Waals surface area contributed by atoms with Crippen molar-refractivity contribution in [2.45, 2.75) is 168 Å². The first kappa shape index (κ1) is 50.4. The molecule has 2 aliphatic rings. The number of rotatable bonds is 24. The van der Waals surface area contributed by atoms with E-state index >= 15 is 0 Å². The molecule has 362 valence electrons. The number of fused-ring (bicyclic) bond motifs is 6. The molecule has 0 N–H and O–H groups in total. The zero-order chi connectivity index (χ0) is 48.4. The maximum Gasteiger partial charge on any atom is 0.0358 e. The average molecular weight is 1050 g/mol. The number of hydrogen-bond donors (Lipinski definition) is 0. The van der Waals surface area contributed by atoms with Gasteiger partial charge in [-0.3, -0.25) is 0 Å². The maximum atomic E-state index is 3.80. The van der Waals surface area contributed by atoms with Crippen molar-refractivity contribution in [1.29, 1.82) is 0 Å². The zero-order valence-electron chi connectivity index (χ0n) is 42.8. The number of hydrogen-bond acceptors (Lipinski definition) is 0. The highest BCUT2D eigenvalue weighted by Gasteiger charge is 2.36. The van der Waals surface area contributed by atoms with Gasteiger partial charge in [0.15, 0.2) is 0 Å². The van der Waals surface area contributed by atoms with Crippen molar-refractivity contribution in [3.05, 3.63) is 198 Å². The predicted molar refractivity (Wildman–Crippen MR) is 310 cm³/mol. The summed E-state index contributed by atoms with van der Waals surface area (Å²) in [7, 11) is 0. The Hall–Kier alpha value is -4.50. The van der Waals surface area contributed by atoms with Gasteiger partial charge >= 0.3 is 0 Å². The van der Waals surface area contributed by atoms with Crippen molar-refractivity contribution in [2.24, 2.45) is 0 Å². The fourth-order valence-electron chi connectivity index (χ4n) is 12.1. The van der Waals surface area contributed by atoms with Gasteiger partial charge in [-0.25, -0.2) is 0 Å². The lowest BCUT2D eigenvalue weighted by Gasteiger charge is -2.24. The molecule has 2 unspecified atom stereocenters. The van der Waals surface area contributed by atoms with Crippen LogP contribution in [0.3, 0.4) is 0 Å². The van der Waals surface area contributed by atoms with Crippen molar-refractivity contribution in [2.75, 3.05) is 0 Å². The third-order valence-electron chi connectivity index (χ3n) is 15.8. The lowest BCUT2D eigenvalue weighted by atomic mass is 9.79. The summed E-state index contributed by atoms with van der Waals surface area (Å²) in [6.07, 6.45) is 24.7. The summed E-state index contributed by atoms with van der Waals surface area (Å²) in [5, 5.41) is 0. The quantitative estimate of drug-likeness (QED) is 0.0529. The van der Waals surface area contributed by atoms with Gasteiger partial charge in [0.05, 0.1) is 0 Å². The molecule has 7 aromatic carbocycles. The van der Waals surface area contributed by atoms with E-state index in [9.17, 15) is 0 Å². The van der Waals surface area contributed by atoms with Crippen LogP contribution < -0.4 is 0 Å². The molecule has 2 atom stereocenters. The minimum Gasteiger partial charge on any atom is -0.0654 e. The molecule has 2 aliphatic carbocycles. The SMILES string of the molecule is CCCCCCc1ccc2c(c1)C(c1ccc(Br)cc1)c1c-2ccc(CCCCCC)c1-c1cccc(-c2c(CCCCCC)ccc3c2C(c2ccc(Br)cc2)c2cc(CCCCCC)ccc2-3)c1. The second-order valence-corrected chi connectivity index (χ2v) is 22.6. The second-order valence-electron chi connectivity index (χ2n) is 20.8. The molecule has 2 heteroatoms. The van der Waals surface area contributed by atoms with Gasteiger partial charge in [0.1, 0.15) is 0 Å². The molecule has 9 rings (SSSR count). The van der Waals surface area contributed by atoms with Gasteiger partial charge in [-0.05, 0) is 182 Å². The lowest BCUT2D eigenvalue weighted by molar-refractivity contribution is 0.666. The Morgan fingerprint density at radius 1 is 0.343 bits per heavy atom. The Labute approximate surface area is 439 Å². The summed E-state index contributed by atoms with van der Waals surface area (Å²) in [5.41, 5.74) is 25.9. The molecule has 0 saturated carbocycles. The van der Waals surface area contributed by atoms with Crippen LogP contribution in [-0.2, 0) is 25.7 Å². The van der Waals surface area contributed by atoms with E-state index in [4.69, 9.17) is 0 Å². The number of halogens is 2. The minimum absolute atomic E-state index is 0.158. The van der Waals surface area contributed by atoms with E-state index in [1.807, 2.05) is 0 Å². The fourth-order valence-corrected chi connectivity index (χ4v) is 12.7. The Kier molecular flexibility index (Phi) is 17.5. The Morgan fingerprint density at radius 3 is 1.10 bits per heavy atom.